The van der Waals surface area contributed by atoms with Crippen molar-refractivity contribution in [2.75, 3.05) is 0 Å². The van der Waals surface area contributed by atoms with Crippen molar-refractivity contribution in [2.45, 2.75) is 0 Å². The Morgan fingerprint density at radius 1 is 1.27 bits per heavy atom. The first-order valence-electron chi connectivity index (χ1n) is 7.58. The molecule has 0 radical (unpaired) electrons. The second-order valence-corrected chi connectivity index (χ2v) is 7.11. The Bertz CT molecular complexity index is 1140. The number of carbonyl (C=O) groups excluding carboxylic acids is 1. The molecule has 0 atom stereocenters. The molecular weight excluding hydrogens is 370 g/mol. The third-order valence-electron chi connectivity index (χ3n) is 3.84. The standard InChI is InChI=1S/C18H11N3O3S2/c22-17(4-1-12-10-26-18(20-12)11-5-6-25-9-11)15-8-19-16-3-2-13(21(23)24)7-14(15)16/h1-10,19H/b4-1+. The van der Waals surface area contributed by atoms with E-state index >= 15 is 0 Å². The molecule has 0 unspecified atom stereocenters. The maximum absolute atomic E-state index is 12.5. The van der Waals surface area contributed by atoms with Crippen molar-refractivity contribution in [3.8, 4) is 10.6 Å². The maximum Gasteiger partial charge on any atom is 0.270 e. The van der Waals surface area contributed by atoms with E-state index in [-0.39, 0.29) is 11.5 Å². The largest absolute Gasteiger partial charge is 0.360 e. The van der Waals surface area contributed by atoms with Crippen LogP contribution in [-0.2, 0) is 0 Å². The van der Waals surface area contributed by atoms with Crippen molar-refractivity contribution in [1.82, 2.24) is 9.97 Å². The molecular formula is C18H11N3O3S2. The minimum Gasteiger partial charge on any atom is -0.360 e. The van der Waals surface area contributed by atoms with Gasteiger partial charge in [0.15, 0.2) is 5.78 Å². The number of nitro benzene ring substituents is 1. The molecule has 26 heavy (non-hydrogen) atoms. The van der Waals surface area contributed by atoms with E-state index < -0.39 is 4.92 Å². The van der Waals surface area contributed by atoms with E-state index in [4.69, 9.17) is 0 Å². The molecule has 3 aromatic heterocycles. The summed E-state index contributed by atoms with van der Waals surface area (Å²) < 4.78 is 0. The zero-order valence-corrected chi connectivity index (χ0v) is 14.8. The Hall–Kier alpha value is -3.10. The molecule has 0 fully saturated rings. The fourth-order valence-corrected chi connectivity index (χ4v) is 4.06. The predicted octanol–water partition coefficient (Wildman–Crippen LogP) is 5.16. The number of nitrogens with one attached hydrogen (secondary N) is 1. The number of ketones is 1. The van der Waals surface area contributed by atoms with Crippen LogP contribution in [0.4, 0.5) is 5.69 Å². The van der Waals surface area contributed by atoms with Gasteiger partial charge in [0, 0.05) is 51.1 Å². The van der Waals surface area contributed by atoms with Gasteiger partial charge in [-0.05, 0) is 29.7 Å². The number of benzene rings is 1. The van der Waals surface area contributed by atoms with Crippen LogP contribution in [0, 0.1) is 10.1 Å². The molecule has 0 aliphatic heterocycles. The van der Waals surface area contributed by atoms with Gasteiger partial charge >= 0.3 is 0 Å². The van der Waals surface area contributed by atoms with Gasteiger partial charge in [0.1, 0.15) is 5.01 Å². The summed E-state index contributed by atoms with van der Waals surface area (Å²) in [5.74, 6) is -0.234. The number of aromatic nitrogens is 2. The quantitative estimate of drug-likeness (QED) is 0.224. The molecule has 8 heteroatoms. The zero-order valence-electron chi connectivity index (χ0n) is 13.2. The summed E-state index contributed by atoms with van der Waals surface area (Å²) in [4.78, 5) is 30.4. The highest BCUT2D eigenvalue weighted by atomic mass is 32.1. The van der Waals surface area contributed by atoms with Crippen LogP contribution in [0.25, 0.3) is 27.6 Å². The Labute approximate surface area is 155 Å². The molecule has 6 nitrogen and oxygen atoms in total. The second-order valence-electron chi connectivity index (χ2n) is 5.48. The molecule has 0 amide bonds. The lowest BCUT2D eigenvalue weighted by Gasteiger charge is -1.95. The molecule has 128 valence electrons. The number of aromatic amines is 1. The summed E-state index contributed by atoms with van der Waals surface area (Å²) in [5, 5.41) is 18.3. The van der Waals surface area contributed by atoms with Gasteiger partial charge < -0.3 is 4.98 Å². The molecule has 0 saturated carbocycles. The number of thiazole rings is 1. The predicted molar refractivity (Wildman–Crippen MR) is 104 cm³/mol. The normalized spacial score (nSPS) is 11.4. The van der Waals surface area contributed by atoms with Crippen molar-refractivity contribution >= 4 is 51.1 Å². The minimum absolute atomic E-state index is 0.0463. The number of hydrogen-bond acceptors (Lipinski definition) is 6. The number of rotatable bonds is 5. The third kappa shape index (κ3) is 3.07. The topological polar surface area (TPSA) is 88.9 Å². The van der Waals surface area contributed by atoms with Gasteiger partial charge in [-0.25, -0.2) is 4.98 Å². The average molecular weight is 381 g/mol. The number of H-pyrrole nitrogens is 1. The number of carbonyl (C=O) groups is 1. The highest BCUT2D eigenvalue weighted by Gasteiger charge is 2.14. The summed E-state index contributed by atoms with van der Waals surface area (Å²) in [7, 11) is 0. The lowest BCUT2D eigenvalue weighted by molar-refractivity contribution is -0.384. The Morgan fingerprint density at radius 3 is 2.92 bits per heavy atom. The van der Waals surface area contributed by atoms with Gasteiger partial charge in [-0.2, -0.15) is 11.3 Å². The van der Waals surface area contributed by atoms with Crippen molar-refractivity contribution in [3.63, 3.8) is 0 Å². The van der Waals surface area contributed by atoms with E-state index in [1.54, 1.807) is 29.7 Å². The Morgan fingerprint density at radius 2 is 2.15 bits per heavy atom. The van der Waals surface area contributed by atoms with E-state index in [9.17, 15) is 14.9 Å². The fourth-order valence-electron chi connectivity index (χ4n) is 2.56. The van der Waals surface area contributed by atoms with Crippen LogP contribution >= 0.6 is 22.7 Å². The number of fused-ring (bicyclic) bond motifs is 1. The molecule has 4 rings (SSSR count). The van der Waals surface area contributed by atoms with Gasteiger partial charge in [-0.1, -0.05) is 0 Å². The van der Waals surface area contributed by atoms with Crippen LogP contribution in [0.15, 0.2) is 52.7 Å². The summed E-state index contributed by atoms with van der Waals surface area (Å²) in [5.41, 5.74) is 2.80. The first-order valence-corrected chi connectivity index (χ1v) is 9.40. The van der Waals surface area contributed by atoms with Crippen LogP contribution < -0.4 is 0 Å². The smallest absolute Gasteiger partial charge is 0.270 e. The highest BCUT2D eigenvalue weighted by Crippen LogP contribution is 2.27. The fraction of sp³-hybridized carbons (Fsp3) is 0. The number of thiophene rings is 1. The van der Waals surface area contributed by atoms with Crippen molar-refractivity contribution in [3.05, 3.63) is 74.1 Å². The molecule has 0 aliphatic carbocycles. The third-order valence-corrected chi connectivity index (χ3v) is 5.43. The Balaban J connectivity index is 1.60. The van der Waals surface area contributed by atoms with Crippen LogP contribution in [0.2, 0.25) is 0 Å². The molecule has 3 heterocycles. The van der Waals surface area contributed by atoms with Crippen LogP contribution in [0.5, 0.6) is 0 Å². The number of hydrogen-bond donors (Lipinski definition) is 1. The summed E-state index contributed by atoms with van der Waals surface area (Å²) >= 11 is 3.12. The van der Waals surface area contributed by atoms with Crippen molar-refractivity contribution in [2.24, 2.45) is 0 Å². The number of nitro groups is 1. The summed E-state index contributed by atoms with van der Waals surface area (Å²) in [6.45, 7) is 0. The van der Waals surface area contributed by atoms with Crippen LogP contribution in [-0.4, -0.2) is 20.7 Å². The lowest BCUT2D eigenvalue weighted by atomic mass is 10.1. The molecule has 0 saturated heterocycles. The molecule has 0 spiro atoms. The monoisotopic (exact) mass is 381 g/mol. The van der Waals surface area contributed by atoms with E-state index in [1.165, 1.54) is 29.5 Å². The van der Waals surface area contributed by atoms with Crippen molar-refractivity contribution in [1.29, 1.82) is 0 Å². The van der Waals surface area contributed by atoms with Gasteiger partial charge in [-0.3, -0.25) is 14.9 Å². The first-order chi connectivity index (χ1) is 12.6. The number of non-ortho nitro benzene ring substituents is 1. The van der Waals surface area contributed by atoms with E-state index in [1.807, 2.05) is 22.2 Å². The highest BCUT2D eigenvalue weighted by molar-refractivity contribution is 7.14. The maximum atomic E-state index is 12.5. The van der Waals surface area contributed by atoms with Gasteiger partial charge in [-0.15, -0.1) is 11.3 Å². The number of allylic oxidation sites excluding steroid dienone is 1. The minimum atomic E-state index is -0.474. The average Bonchev–Trinajstić information content (AvgIpc) is 3.38. The van der Waals surface area contributed by atoms with E-state index in [2.05, 4.69) is 9.97 Å². The summed E-state index contributed by atoms with van der Waals surface area (Å²) in [6, 6.07) is 6.41. The molecule has 0 bridgehead atoms. The molecule has 0 aliphatic rings. The number of nitrogens with zero attached hydrogens (tertiary/aromatic N) is 2. The molecule has 1 aromatic carbocycles. The molecule has 1 N–H and O–H groups in total. The van der Waals surface area contributed by atoms with E-state index in [0.717, 1.165) is 10.6 Å². The van der Waals surface area contributed by atoms with E-state index in [0.29, 0.717) is 22.2 Å². The van der Waals surface area contributed by atoms with Gasteiger partial charge in [0.05, 0.1) is 10.6 Å². The Kier molecular flexibility index (Phi) is 4.19. The second kappa shape index (κ2) is 6.66. The van der Waals surface area contributed by atoms with Gasteiger partial charge in [0.25, 0.3) is 5.69 Å². The van der Waals surface area contributed by atoms with Crippen LogP contribution in [0.1, 0.15) is 16.1 Å². The van der Waals surface area contributed by atoms with Crippen LogP contribution in [0.3, 0.4) is 0 Å². The SMILES string of the molecule is O=C(/C=C/c1csc(-c2ccsc2)n1)c1c[nH]c2ccc([N+](=O)[O-])cc12. The van der Waals surface area contributed by atoms with Crippen molar-refractivity contribution < 1.29 is 9.72 Å². The summed E-state index contributed by atoms with van der Waals surface area (Å²) in [6.07, 6.45) is 4.66. The molecule has 4 aromatic rings. The van der Waals surface area contributed by atoms with Gasteiger partial charge in [0.2, 0.25) is 0 Å². The zero-order chi connectivity index (χ0) is 18.1. The lowest BCUT2D eigenvalue weighted by Crippen LogP contribution is -1.93. The first kappa shape index (κ1) is 16.4.